The minimum atomic E-state index is -2.96. The largest absolute Gasteiger partial charge is 0.469 e. The first-order valence-corrected chi connectivity index (χ1v) is 18.3. The van der Waals surface area contributed by atoms with Crippen LogP contribution in [0.5, 0.6) is 0 Å². The van der Waals surface area contributed by atoms with Gasteiger partial charge in [-0.05, 0) is 68.1 Å². The molecule has 0 aliphatic carbocycles. The van der Waals surface area contributed by atoms with Crippen molar-refractivity contribution in [3.8, 4) is 11.1 Å². The van der Waals surface area contributed by atoms with Crippen LogP contribution in [0.25, 0.3) is 11.1 Å². The van der Waals surface area contributed by atoms with Crippen molar-refractivity contribution in [1.29, 1.82) is 0 Å². The number of aromatic nitrogens is 1. The number of halogens is 3. The summed E-state index contributed by atoms with van der Waals surface area (Å²) in [6.45, 7) is 3.96. The van der Waals surface area contributed by atoms with Gasteiger partial charge < -0.3 is 19.5 Å². The summed E-state index contributed by atoms with van der Waals surface area (Å²) in [7, 11) is -1.69. The molecule has 2 heterocycles. The SMILES string of the molecule is COC(=O)Cc1ccc2c(c1)NC(=O)[C@H](C)C(=O)CC[C@H](N(CCC(=O)c1c(F)ccc(Cl)c1F)C(=O)CP(C)(C)=O)c1cc-2ccn1. The van der Waals surface area contributed by atoms with Gasteiger partial charge in [0.1, 0.15) is 11.6 Å². The Morgan fingerprint density at radius 1 is 1.10 bits per heavy atom. The molecule has 0 fully saturated rings. The molecule has 1 aromatic heterocycles. The summed E-state index contributed by atoms with van der Waals surface area (Å²) >= 11 is 5.79. The van der Waals surface area contributed by atoms with Crippen molar-refractivity contribution in [3.63, 3.8) is 0 Å². The molecular weight excluding hydrogens is 667 g/mol. The zero-order chi connectivity index (χ0) is 35.3. The number of esters is 1. The van der Waals surface area contributed by atoms with E-state index in [9.17, 15) is 37.3 Å². The molecule has 0 spiro atoms. The van der Waals surface area contributed by atoms with E-state index in [4.69, 9.17) is 16.3 Å². The van der Waals surface area contributed by atoms with E-state index in [2.05, 4.69) is 10.3 Å². The van der Waals surface area contributed by atoms with Gasteiger partial charge in [0, 0.05) is 36.8 Å². The molecule has 48 heavy (non-hydrogen) atoms. The summed E-state index contributed by atoms with van der Waals surface area (Å²) in [4.78, 5) is 71.2. The number of hydrogen-bond donors (Lipinski definition) is 1. The Balaban J connectivity index is 1.81. The van der Waals surface area contributed by atoms with Crippen molar-refractivity contribution in [2.45, 2.75) is 38.6 Å². The fourth-order valence-corrected chi connectivity index (χ4v) is 6.43. The van der Waals surface area contributed by atoms with Gasteiger partial charge in [-0.3, -0.25) is 29.0 Å². The van der Waals surface area contributed by atoms with Crippen molar-refractivity contribution in [1.82, 2.24) is 9.88 Å². The van der Waals surface area contributed by atoms with Crippen LogP contribution in [0.1, 0.15) is 53.8 Å². The number of pyridine rings is 1. The van der Waals surface area contributed by atoms with E-state index in [1.807, 2.05) is 0 Å². The van der Waals surface area contributed by atoms with Crippen molar-refractivity contribution in [2.75, 3.05) is 38.5 Å². The minimum absolute atomic E-state index is 0.0185. The monoisotopic (exact) mass is 701 g/mol. The number of Topliss-reactive ketones (excluding diaryl/α,β-unsaturated/α-hetero) is 2. The lowest BCUT2D eigenvalue weighted by molar-refractivity contribution is -0.139. The second-order valence-electron chi connectivity index (χ2n) is 12.0. The summed E-state index contributed by atoms with van der Waals surface area (Å²) in [5.41, 5.74) is 1.48. The number of nitrogens with zero attached hydrogens (tertiary/aromatic N) is 2. The van der Waals surface area contributed by atoms with Crippen LogP contribution in [-0.2, 0) is 34.9 Å². The fourth-order valence-electron chi connectivity index (χ4n) is 5.44. The third-order valence-corrected chi connectivity index (χ3v) is 9.33. The Bertz CT molecular complexity index is 1830. The molecule has 0 saturated heterocycles. The quantitative estimate of drug-likeness (QED) is 0.0929. The summed E-state index contributed by atoms with van der Waals surface area (Å²) in [6, 6.07) is 9.24. The number of nitrogens with one attached hydrogen (secondary N) is 1. The average Bonchev–Trinajstić information content (AvgIpc) is 3.02. The average molecular weight is 702 g/mol. The Hall–Kier alpha value is -4.28. The van der Waals surface area contributed by atoms with E-state index < -0.39 is 77.1 Å². The molecular formula is C34H35ClF2N3O7P. The molecule has 2 atom stereocenters. The summed E-state index contributed by atoms with van der Waals surface area (Å²) < 4.78 is 46.8. The number of rotatable bonds is 9. The number of benzene rings is 2. The van der Waals surface area contributed by atoms with Gasteiger partial charge in [0.2, 0.25) is 11.8 Å². The van der Waals surface area contributed by atoms with Gasteiger partial charge >= 0.3 is 5.97 Å². The van der Waals surface area contributed by atoms with Crippen LogP contribution in [0.4, 0.5) is 14.5 Å². The fraction of sp³-hybridized carbons (Fsp3) is 0.353. The first-order chi connectivity index (χ1) is 22.6. The van der Waals surface area contributed by atoms with Gasteiger partial charge in [0.15, 0.2) is 11.6 Å². The zero-order valence-electron chi connectivity index (χ0n) is 26.8. The van der Waals surface area contributed by atoms with Crippen molar-refractivity contribution >= 4 is 53.8 Å². The number of carbonyl (C=O) groups is 5. The van der Waals surface area contributed by atoms with E-state index in [-0.39, 0.29) is 32.0 Å². The maximum absolute atomic E-state index is 14.7. The Kier molecular flexibility index (Phi) is 11.6. The predicted molar refractivity (Wildman–Crippen MR) is 177 cm³/mol. The smallest absolute Gasteiger partial charge is 0.309 e. The first kappa shape index (κ1) is 36.6. The molecule has 254 valence electrons. The van der Waals surface area contributed by atoms with Crippen molar-refractivity contribution in [2.24, 2.45) is 5.92 Å². The second kappa shape index (κ2) is 15.3. The molecule has 4 rings (SSSR count). The van der Waals surface area contributed by atoms with Crippen LogP contribution in [0.2, 0.25) is 5.02 Å². The maximum Gasteiger partial charge on any atom is 0.309 e. The van der Waals surface area contributed by atoms with Gasteiger partial charge in [0.05, 0.1) is 55.1 Å². The molecule has 1 aliphatic heterocycles. The normalized spacial score (nSPS) is 16.6. The lowest BCUT2D eigenvalue weighted by Gasteiger charge is -2.33. The minimum Gasteiger partial charge on any atom is -0.469 e. The molecule has 2 amide bonds. The lowest BCUT2D eigenvalue weighted by atomic mass is 9.93. The Morgan fingerprint density at radius 2 is 1.83 bits per heavy atom. The first-order valence-electron chi connectivity index (χ1n) is 15.1. The molecule has 0 radical (unpaired) electrons. The second-order valence-corrected chi connectivity index (χ2v) is 15.9. The van der Waals surface area contributed by atoms with E-state index in [0.29, 0.717) is 28.1 Å². The highest BCUT2D eigenvalue weighted by atomic mass is 35.5. The summed E-state index contributed by atoms with van der Waals surface area (Å²) in [5.74, 6) is -6.50. The van der Waals surface area contributed by atoms with Crippen LogP contribution >= 0.6 is 18.7 Å². The van der Waals surface area contributed by atoms with Crippen LogP contribution in [0.3, 0.4) is 0 Å². The standard InChI is InChI=1S/C34H35ClF2N3O7P/c1-19-28(41)10-9-27(40(30(43)18-48(3,4)46)14-12-29(42)32-24(36)8-7-23(35)33(32)37)26-17-21(11-13-38-26)22-6-5-20(16-31(44)47-2)15-25(22)39-34(19)45/h5-8,11,13,15,17,19,27H,9-10,12,14,16,18H2,1-4H3,(H,39,45)/t19-,27+/m1/s1. The number of ketones is 2. The molecule has 14 heteroatoms. The number of anilines is 1. The van der Waals surface area contributed by atoms with Crippen LogP contribution in [-0.4, -0.2) is 72.4 Å². The number of ether oxygens (including phenoxy) is 1. The van der Waals surface area contributed by atoms with Crippen molar-refractivity contribution in [3.05, 3.63) is 82.1 Å². The third-order valence-electron chi connectivity index (χ3n) is 8.01. The molecule has 0 saturated carbocycles. The van der Waals surface area contributed by atoms with E-state index in [0.717, 1.165) is 12.1 Å². The highest BCUT2D eigenvalue weighted by Gasteiger charge is 2.33. The van der Waals surface area contributed by atoms with Crippen LogP contribution in [0.15, 0.2) is 48.7 Å². The lowest BCUT2D eigenvalue weighted by Crippen LogP contribution is -2.39. The van der Waals surface area contributed by atoms with E-state index >= 15 is 0 Å². The maximum atomic E-state index is 14.7. The van der Waals surface area contributed by atoms with Gasteiger partial charge in [-0.25, -0.2) is 8.78 Å². The highest BCUT2D eigenvalue weighted by Crippen LogP contribution is 2.39. The Labute approximate surface area is 281 Å². The summed E-state index contributed by atoms with van der Waals surface area (Å²) in [5, 5.41) is 2.36. The molecule has 1 N–H and O–H groups in total. The highest BCUT2D eigenvalue weighted by molar-refractivity contribution is 7.63. The number of methoxy groups -OCH3 is 1. The number of carbonyl (C=O) groups excluding carboxylic acids is 5. The molecule has 10 nitrogen and oxygen atoms in total. The van der Waals surface area contributed by atoms with Crippen molar-refractivity contribution < 1.29 is 42.1 Å². The summed E-state index contributed by atoms with van der Waals surface area (Å²) in [6.07, 6.45) is 0.329. The van der Waals surface area contributed by atoms with Crippen LogP contribution < -0.4 is 5.32 Å². The van der Waals surface area contributed by atoms with E-state index in [1.165, 1.54) is 38.5 Å². The van der Waals surface area contributed by atoms with Crippen LogP contribution in [0, 0.1) is 17.6 Å². The number of hydrogen-bond acceptors (Lipinski definition) is 8. The van der Waals surface area contributed by atoms with Gasteiger partial charge in [-0.1, -0.05) is 23.7 Å². The molecule has 0 unspecified atom stereocenters. The predicted octanol–water partition coefficient (Wildman–Crippen LogP) is 6.10. The molecule has 3 aromatic rings. The Morgan fingerprint density at radius 3 is 2.52 bits per heavy atom. The third kappa shape index (κ3) is 8.79. The molecule has 1 aliphatic rings. The van der Waals surface area contributed by atoms with E-state index in [1.54, 1.807) is 30.3 Å². The van der Waals surface area contributed by atoms with Gasteiger partial charge in [0.25, 0.3) is 0 Å². The zero-order valence-corrected chi connectivity index (χ0v) is 28.5. The number of fused-ring (bicyclic) bond motifs is 4. The topological polar surface area (TPSA) is 140 Å². The molecule has 2 aromatic carbocycles. The van der Waals surface area contributed by atoms with Gasteiger partial charge in [-0.2, -0.15) is 0 Å². The number of amides is 2. The van der Waals surface area contributed by atoms with Gasteiger partial charge in [-0.15, -0.1) is 0 Å². The molecule has 2 bridgehead atoms.